The van der Waals surface area contributed by atoms with E-state index in [0.717, 1.165) is 44.3 Å². The first kappa shape index (κ1) is 29.5. The number of aryl methyl sites for hydroxylation is 1. The normalized spacial score (nSPS) is 15.8. The summed E-state index contributed by atoms with van der Waals surface area (Å²) in [4.78, 5) is 30.9. The fourth-order valence-electron chi connectivity index (χ4n) is 5.59. The highest BCUT2D eigenvalue weighted by atomic mass is 16.5. The van der Waals surface area contributed by atoms with Gasteiger partial charge in [0.2, 0.25) is 11.8 Å². The summed E-state index contributed by atoms with van der Waals surface area (Å²) in [5.41, 5.74) is 3.06. The minimum Gasteiger partial charge on any atom is -0.382 e. The SMILES string of the molecule is COCC1(NC(=O)CCc2ccccc2)CCN(CC(C(=O)N(C)CCc2ccccc2)c2ccccc2)CC1. The molecule has 0 bridgehead atoms. The Morgan fingerprint density at radius 3 is 2.00 bits per heavy atom. The zero-order valence-corrected chi connectivity index (χ0v) is 23.9. The lowest BCUT2D eigenvalue weighted by molar-refractivity contribution is -0.132. The Balaban J connectivity index is 1.36. The van der Waals surface area contributed by atoms with Gasteiger partial charge in [0.25, 0.3) is 0 Å². The Labute approximate surface area is 239 Å². The van der Waals surface area contributed by atoms with Crippen molar-refractivity contribution in [2.24, 2.45) is 0 Å². The van der Waals surface area contributed by atoms with E-state index in [9.17, 15) is 9.59 Å². The van der Waals surface area contributed by atoms with E-state index >= 15 is 0 Å². The van der Waals surface area contributed by atoms with Crippen LogP contribution in [-0.4, -0.2) is 74.1 Å². The highest BCUT2D eigenvalue weighted by molar-refractivity contribution is 5.84. The van der Waals surface area contributed by atoms with Crippen molar-refractivity contribution in [1.29, 1.82) is 0 Å². The zero-order chi connectivity index (χ0) is 28.2. The highest BCUT2D eigenvalue weighted by Gasteiger charge is 2.37. The van der Waals surface area contributed by atoms with E-state index in [1.165, 1.54) is 11.1 Å². The minimum atomic E-state index is -0.377. The number of hydrogen-bond donors (Lipinski definition) is 1. The third-order valence-corrected chi connectivity index (χ3v) is 8.02. The molecule has 1 N–H and O–H groups in total. The van der Waals surface area contributed by atoms with E-state index in [2.05, 4.69) is 46.6 Å². The largest absolute Gasteiger partial charge is 0.382 e. The van der Waals surface area contributed by atoms with E-state index < -0.39 is 0 Å². The summed E-state index contributed by atoms with van der Waals surface area (Å²) in [6.45, 7) is 3.42. The molecule has 1 aliphatic rings. The van der Waals surface area contributed by atoms with Crippen LogP contribution in [0.2, 0.25) is 0 Å². The van der Waals surface area contributed by atoms with Gasteiger partial charge in [0, 0.05) is 46.8 Å². The number of carbonyl (C=O) groups is 2. The topological polar surface area (TPSA) is 61.9 Å². The third-order valence-electron chi connectivity index (χ3n) is 8.02. The Morgan fingerprint density at radius 1 is 0.875 bits per heavy atom. The van der Waals surface area contributed by atoms with Crippen LogP contribution in [0.15, 0.2) is 91.0 Å². The molecular weight excluding hydrogens is 498 g/mol. The van der Waals surface area contributed by atoms with Crippen molar-refractivity contribution in [3.8, 4) is 0 Å². The summed E-state index contributed by atoms with van der Waals surface area (Å²) < 4.78 is 5.57. The second-order valence-electron chi connectivity index (χ2n) is 11.0. The molecule has 0 aromatic heterocycles. The molecule has 0 saturated carbocycles. The first-order valence-corrected chi connectivity index (χ1v) is 14.4. The van der Waals surface area contributed by atoms with Gasteiger partial charge in [-0.25, -0.2) is 0 Å². The molecule has 2 amide bonds. The highest BCUT2D eigenvalue weighted by Crippen LogP contribution is 2.27. The number of likely N-dealkylation sites (tertiary alicyclic amines) is 1. The minimum absolute atomic E-state index is 0.0618. The van der Waals surface area contributed by atoms with E-state index in [1.807, 2.05) is 66.5 Å². The number of likely N-dealkylation sites (N-methyl/N-ethyl adjacent to an activating group) is 1. The van der Waals surface area contributed by atoms with Gasteiger partial charge in [-0.05, 0) is 42.4 Å². The number of hydrogen-bond acceptors (Lipinski definition) is 4. The van der Waals surface area contributed by atoms with Crippen molar-refractivity contribution in [2.45, 2.75) is 43.6 Å². The Bertz CT molecular complexity index is 1180. The van der Waals surface area contributed by atoms with Crippen molar-refractivity contribution in [2.75, 3.05) is 46.9 Å². The fraction of sp³-hybridized carbons (Fsp3) is 0.412. The molecule has 1 aliphatic heterocycles. The summed E-state index contributed by atoms with van der Waals surface area (Å²) >= 11 is 0. The van der Waals surface area contributed by atoms with Crippen molar-refractivity contribution >= 4 is 11.8 Å². The van der Waals surface area contributed by atoms with Crippen LogP contribution in [0.25, 0.3) is 0 Å². The molecule has 0 spiro atoms. The van der Waals surface area contributed by atoms with Crippen molar-refractivity contribution in [3.05, 3.63) is 108 Å². The van der Waals surface area contributed by atoms with Crippen LogP contribution in [-0.2, 0) is 27.2 Å². The molecule has 3 aromatic rings. The van der Waals surface area contributed by atoms with Crippen molar-refractivity contribution < 1.29 is 14.3 Å². The number of piperidine rings is 1. The summed E-state index contributed by atoms with van der Waals surface area (Å²) in [5, 5.41) is 3.32. The number of benzene rings is 3. The quantitative estimate of drug-likeness (QED) is 0.341. The van der Waals surface area contributed by atoms with Crippen LogP contribution in [0.5, 0.6) is 0 Å². The molecule has 6 nitrogen and oxygen atoms in total. The van der Waals surface area contributed by atoms with Crippen LogP contribution in [0.3, 0.4) is 0 Å². The van der Waals surface area contributed by atoms with Gasteiger partial charge in [-0.3, -0.25) is 9.59 Å². The van der Waals surface area contributed by atoms with Gasteiger partial charge >= 0.3 is 0 Å². The van der Waals surface area contributed by atoms with Crippen molar-refractivity contribution in [1.82, 2.24) is 15.1 Å². The molecule has 1 unspecified atom stereocenters. The van der Waals surface area contributed by atoms with Gasteiger partial charge in [-0.15, -0.1) is 0 Å². The molecule has 1 fully saturated rings. The second kappa shape index (κ2) is 14.8. The molecule has 40 heavy (non-hydrogen) atoms. The maximum Gasteiger partial charge on any atom is 0.231 e. The molecule has 1 atom stereocenters. The van der Waals surface area contributed by atoms with Crippen LogP contribution in [0.4, 0.5) is 0 Å². The van der Waals surface area contributed by atoms with Crippen LogP contribution in [0, 0.1) is 0 Å². The lowest BCUT2D eigenvalue weighted by Crippen LogP contribution is -2.58. The molecule has 6 heteroatoms. The van der Waals surface area contributed by atoms with Gasteiger partial charge in [-0.1, -0.05) is 91.0 Å². The first-order valence-electron chi connectivity index (χ1n) is 14.4. The number of nitrogens with one attached hydrogen (secondary N) is 1. The lowest BCUT2D eigenvalue weighted by Gasteiger charge is -2.43. The standard InChI is InChI=1S/C34H43N3O3/c1-36(23-20-29-14-8-4-9-15-29)33(39)31(30-16-10-5-11-17-30)26-37-24-21-34(22-25-37,27-40-2)35-32(38)19-18-28-12-6-3-7-13-28/h3-17,31H,18-27H2,1-2H3,(H,35,38). The lowest BCUT2D eigenvalue weighted by atomic mass is 9.86. The second-order valence-corrected chi connectivity index (χ2v) is 11.0. The van der Waals surface area contributed by atoms with Crippen molar-refractivity contribution in [3.63, 3.8) is 0 Å². The van der Waals surface area contributed by atoms with Gasteiger partial charge in [0.05, 0.1) is 18.1 Å². The molecule has 3 aromatic carbocycles. The maximum absolute atomic E-state index is 13.7. The summed E-state index contributed by atoms with van der Waals surface area (Å²) in [6.07, 6.45) is 3.59. The molecule has 1 saturated heterocycles. The Morgan fingerprint density at radius 2 is 1.43 bits per heavy atom. The van der Waals surface area contributed by atoms with Crippen LogP contribution < -0.4 is 5.32 Å². The number of carbonyl (C=O) groups excluding carboxylic acids is 2. The number of ether oxygens (including phenoxy) is 1. The molecule has 0 radical (unpaired) electrons. The van der Waals surface area contributed by atoms with Gasteiger partial charge < -0.3 is 19.9 Å². The Kier molecular flexibility index (Phi) is 10.9. The van der Waals surface area contributed by atoms with E-state index in [1.54, 1.807) is 7.11 Å². The molecule has 0 aliphatic carbocycles. The first-order chi connectivity index (χ1) is 19.5. The van der Waals surface area contributed by atoms with Gasteiger partial charge in [-0.2, -0.15) is 0 Å². The van der Waals surface area contributed by atoms with Crippen LogP contribution >= 0.6 is 0 Å². The number of rotatable bonds is 13. The Hall–Kier alpha value is -3.48. The van der Waals surface area contributed by atoms with E-state index in [-0.39, 0.29) is 23.3 Å². The fourth-order valence-corrected chi connectivity index (χ4v) is 5.59. The summed E-state index contributed by atoms with van der Waals surface area (Å²) in [7, 11) is 3.60. The average molecular weight is 542 g/mol. The molecule has 1 heterocycles. The maximum atomic E-state index is 13.7. The number of amides is 2. The van der Waals surface area contributed by atoms with Gasteiger partial charge in [0.1, 0.15) is 0 Å². The number of methoxy groups -OCH3 is 1. The van der Waals surface area contributed by atoms with Gasteiger partial charge in [0.15, 0.2) is 0 Å². The number of nitrogens with zero attached hydrogens (tertiary/aromatic N) is 2. The van der Waals surface area contributed by atoms with E-state index in [4.69, 9.17) is 4.74 Å². The summed E-state index contributed by atoms with van der Waals surface area (Å²) in [5.74, 6) is -0.0332. The average Bonchev–Trinajstić information content (AvgIpc) is 3.00. The van der Waals surface area contributed by atoms with Crippen LogP contribution in [0.1, 0.15) is 41.9 Å². The molecule has 212 valence electrons. The third kappa shape index (κ3) is 8.51. The van der Waals surface area contributed by atoms with E-state index in [0.29, 0.717) is 26.1 Å². The molecule has 4 rings (SSSR count). The monoisotopic (exact) mass is 541 g/mol. The summed E-state index contributed by atoms with van der Waals surface area (Å²) in [6, 6.07) is 30.5. The predicted molar refractivity (Wildman–Crippen MR) is 160 cm³/mol. The predicted octanol–water partition coefficient (Wildman–Crippen LogP) is 4.70. The zero-order valence-electron chi connectivity index (χ0n) is 23.9. The molecular formula is C34H43N3O3. The smallest absolute Gasteiger partial charge is 0.231 e.